The van der Waals surface area contributed by atoms with Crippen molar-refractivity contribution in [2.75, 3.05) is 6.61 Å². The van der Waals surface area contributed by atoms with Crippen LogP contribution in [0.25, 0.3) is 0 Å². The summed E-state index contributed by atoms with van der Waals surface area (Å²) in [5.74, 6) is -0.402. The van der Waals surface area contributed by atoms with Crippen molar-refractivity contribution in [3.05, 3.63) is 48.5 Å². The normalized spacial score (nSPS) is 10.6. The molecule has 20 heavy (non-hydrogen) atoms. The molecule has 2 aromatic carbocycles. The number of carboxylic acids is 1. The molecule has 0 saturated carbocycles. The van der Waals surface area contributed by atoms with E-state index in [1.807, 2.05) is 0 Å². The van der Waals surface area contributed by atoms with Crippen LogP contribution in [0.5, 0.6) is 11.5 Å². The van der Waals surface area contributed by atoms with Gasteiger partial charge in [0.2, 0.25) is 0 Å². The van der Waals surface area contributed by atoms with Crippen LogP contribution in [-0.2, 0) is 4.79 Å². The maximum absolute atomic E-state index is 10.3. The van der Waals surface area contributed by atoms with Gasteiger partial charge in [0.1, 0.15) is 11.5 Å². The van der Waals surface area contributed by atoms with Gasteiger partial charge in [-0.05, 0) is 48.5 Å². The molecular formula is C14H12N2O4. The van der Waals surface area contributed by atoms with Crippen molar-refractivity contribution in [3.63, 3.8) is 0 Å². The van der Waals surface area contributed by atoms with Gasteiger partial charge in [-0.15, -0.1) is 0 Å². The summed E-state index contributed by atoms with van der Waals surface area (Å²) in [4.78, 5) is 10.3. The highest BCUT2D eigenvalue weighted by Crippen LogP contribution is 2.22. The predicted octanol–water partition coefficient (Wildman–Crippen LogP) is 3.27. The number of aliphatic carboxylic acids is 1. The van der Waals surface area contributed by atoms with Crippen LogP contribution in [0.3, 0.4) is 0 Å². The van der Waals surface area contributed by atoms with E-state index < -0.39 is 5.97 Å². The molecule has 2 rings (SSSR count). The molecule has 0 amide bonds. The average molecular weight is 272 g/mol. The molecule has 0 spiro atoms. The Morgan fingerprint density at radius 2 is 1.45 bits per heavy atom. The number of ether oxygens (including phenoxy) is 1. The molecular weight excluding hydrogens is 260 g/mol. The van der Waals surface area contributed by atoms with Crippen molar-refractivity contribution in [2.45, 2.75) is 0 Å². The fourth-order valence-corrected chi connectivity index (χ4v) is 1.39. The highest BCUT2D eigenvalue weighted by Gasteiger charge is 1.99. The average Bonchev–Trinajstić information content (AvgIpc) is 2.45. The van der Waals surface area contributed by atoms with Crippen molar-refractivity contribution in [3.8, 4) is 11.5 Å². The lowest BCUT2D eigenvalue weighted by atomic mass is 10.3. The van der Waals surface area contributed by atoms with Gasteiger partial charge in [-0.1, -0.05) is 0 Å². The fourth-order valence-electron chi connectivity index (χ4n) is 1.39. The molecule has 6 heteroatoms. The summed E-state index contributed by atoms with van der Waals surface area (Å²) in [6.45, 7) is -0.381. The molecule has 6 nitrogen and oxygen atoms in total. The molecule has 0 heterocycles. The van der Waals surface area contributed by atoms with Crippen molar-refractivity contribution < 1.29 is 19.7 Å². The van der Waals surface area contributed by atoms with Crippen LogP contribution in [0.1, 0.15) is 0 Å². The summed E-state index contributed by atoms with van der Waals surface area (Å²) in [5.41, 5.74) is 1.23. The molecule has 0 saturated heterocycles. The second kappa shape index (κ2) is 6.33. The fraction of sp³-hybridized carbons (Fsp3) is 0.0714. The standard InChI is InChI=1S/C14H12N2O4/c17-12-5-1-10(2-6-12)15-16-11-3-7-13(8-4-11)20-9-14(18)19/h1-8,17H,9H2,(H,18,19). The van der Waals surface area contributed by atoms with E-state index in [4.69, 9.17) is 14.9 Å². The van der Waals surface area contributed by atoms with Gasteiger partial charge in [0.05, 0.1) is 11.4 Å². The zero-order valence-electron chi connectivity index (χ0n) is 10.4. The third kappa shape index (κ3) is 4.09. The number of phenolic OH excluding ortho intramolecular Hbond substituents is 1. The third-order valence-corrected chi connectivity index (χ3v) is 2.33. The quantitative estimate of drug-likeness (QED) is 0.817. The highest BCUT2D eigenvalue weighted by atomic mass is 16.5. The molecule has 2 aromatic rings. The third-order valence-electron chi connectivity index (χ3n) is 2.33. The lowest BCUT2D eigenvalue weighted by molar-refractivity contribution is -0.139. The maximum atomic E-state index is 10.3. The van der Waals surface area contributed by atoms with Crippen molar-refractivity contribution >= 4 is 17.3 Å². The summed E-state index contributed by atoms with van der Waals surface area (Å²) in [5, 5.41) is 25.6. The van der Waals surface area contributed by atoms with Gasteiger partial charge >= 0.3 is 5.97 Å². The molecule has 0 atom stereocenters. The zero-order valence-corrected chi connectivity index (χ0v) is 10.4. The van der Waals surface area contributed by atoms with Crippen LogP contribution in [0, 0.1) is 0 Å². The van der Waals surface area contributed by atoms with Gasteiger partial charge in [0.25, 0.3) is 0 Å². The molecule has 2 N–H and O–H groups in total. The van der Waals surface area contributed by atoms with Gasteiger partial charge in [-0.25, -0.2) is 4.79 Å². The van der Waals surface area contributed by atoms with E-state index in [-0.39, 0.29) is 12.4 Å². The number of hydrogen-bond acceptors (Lipinski definition) is 5. The first-order valence-corrected chi connectivity index (χ1v) is 5.79. The van der Waals surface area contributed by atoms with Gasteiger partial charge in [0.15, 0.2) is 6.61 Å². The monoisotopic (exact) mass is 272 g/mol. The molecule has 0 aliphatic heterocycles. The van der Waals surface area contributed by atoms with Crippen molar-refractivity contribution in [1.82, 2.24) is 0 Å². The summed E-state index contributed by atoms with van der Waals surface area (Å²) < 4.78 is 5.00. The minimum Gasteiger partial charge on any atom is -0.508 e. The SMILES string of the molecule is O=C(O)COc1ccc(N=Nc2ccc(O)cc2)cc1. The largest absolute Gasteiger partial charge is 0.508 e. The number of carbonyl (C=O) groups is 1. The van der Waals surface area contributed by atoms with E-state index in [9.17, 15) is 4.79 Å². The maximum Gasteiger partial charge on any atom is 0.341 e. The van der Waals surface area contributed by atoms with Crippen molar-refractivity contribution in [1.29, 1.82) is 0 Å². The number of azo groups is 1. The van der Waals surface area contributed by atoms with Crippen LogP contribution >= 0.6 is 0 Å². The number of phenols is 1. The lowest BCUT2D eigenvalue weighted by Gasteiger charge is -2.02. The van der Waals surface area contributed by atoms with Crippen LogP contribution in [0.4, 0.5) is 11.4 Å². The number of nitrogens with zero attached hydrogens (tertiary/aromatic N) is 2. The Kier molecular flexibility index (Phi) is 4.28. The Labute approximate surface area is 115 Å². The molecule has 0 radical (unpaired) electrons. The van der Waals surface area contributed by atoms with Gasteiger partial charge in [-0.2, -0.15) is 10.2 Å². The summed E-state index contributed by atoms with van der Waals surface area (Å²) >= 11 is 0. The first-order valence-electron chi connectivity index (χ1n) is 5.79. The van der Waals surface area contributed by atoms with E-state index in [1.54, 1.807) is 36.4 Å². The number of hydrogen-bond donors (Lipinski definition) is 2. The number of rotatable bonds is 5. The molecule has 0 aromatic heterocycles. The second-order valence-electron chi connectivity index (χ2n) is 3.89. The second-order valence-corrected chi connectivity index (χ2v) is 3.89. The summed E-state index contributed by atoms with van der Waals surface area (Å²) in [7, 11) is 0. The topological polar surface area (TPSA) is 91.5 Å². The Morgan fingerprint density at radius 3 is 1.95 bits per heavy atom. The molecule has 0 aliphatic carbocycles. The predicted molar refractivity (Wildman–Crippen MR) is 71.9 cm³/mol. The number of benzene rings is 2. The molecule has 102 valence electrons. The molecule has 0 aliphatic rings. The van der Waals surface area contributed by atoms with Crippen LogP contribution in [-0.4, -0.2) is 22.8 Å². The van der Waals surface area contributed by atoms with Crippen molar-refractivity contribution in [2.24, 2.45) is 10.2 Å². The Bertz CT molecular complexity index is 606. The smallest absolute Gasteiger partial charge is 0.341 e. The van der Waals surface area contributed by atoms with Gasteiger partial charge in [-0.3, -0.25) is 0 Å². The number of carboxylic acid groups (broad SMARTS) is 1. The minimum atomic E-state index is -1.03. The van der Waals surface area contributed by atoms with Gasteiger partial charge in [0, 0.05) is 0 Å². The number of aromatic hydroxyl groups is 1. The van der Waals surface area contributed by atoms with E-state index in [2.05, 4.69) is 10.2 Å². The van der Waals surface area contributed by atoms with E-state index >= 15 is 0 Å². The van der Waals surface area contributed by atoms with Gasteiger partial charge < -0.3 is 14.9 Å². The van der Waals surface area contributed by atoms with Crippen LogP contribution in [0.15, 0.2) is 58.8 Å². The van der Waals surface area contributed by atoms with Crippen LogP contribution in [0.2, 0.25) is 0 Å². The van der Waals surface area contributed by atoms with E-state index in [1.165, 1.54) is 12.1 Å². The Morgan fingerprint density at radius 1 is 0.950 bits per heavy atom. The Balaban J connectivity index is 1.99. The molecule has 0 fully saturated rings. The first-order chi connectivity index (χ1) is 9.63. The zero-order chi connectivity index (χ0) is 14.4. The van der Waals surface area contributed by atoms with E-state index in [0.717, 1.165) is 0 Å². The molecule has 0 bridgehead atoms. The van der Waals surface area contributed by atoms with E-state index in [0.29, 0.717) is 17.1 Å². The Hall–Kier alpha value is -2.89. The van der Waals surface area contributed by atoms with Crippen LogP contribution < -0.4 is 4.74 Å². The minimum absolute atomic E-state index is 0.170. The summed E-state index contributed by atoms with van der Waals surface area (Å²) in [6.07, 6.45) is 0. The lowest BCUT2D eigenvalue weighted by Crippen LogP contribution is -2.09. The highest BCUT2D eigenvalue weighted by molar-refractivity contribution is 5.68. The molecule has 0 unspecified atom stereocenters. The first kappa shape index (κ1) is 13.5. The summed E-state index contributed by atoms with van der Waals surface area (Å²) in [6, 6.07) is 12.9.